The van der Waals surface area contributed by atoms with Crippen LogP contribution >= 0.6 is 23.4 Å². The van der Waals surface area contributed by atoms with Gasteiger partial charge in [0.05, 0.1) is 0 Å². The smallest absolute Gasteiger partial charge is 0.244 e. The normalized spacial score (nSPS) is 19.3. The van der Waals surface area contributed by atoms with Crippen LogP contribution in [-0.4, -0.2) is 27.5 Å². The number of thioether (sulfide) groups is 1. The third-order valence-electron chi connectivity index (χ3n) is 4.28. The molecule has 1 unspecified atom stereocenters. The molecule has 0 aliphatic carbocycles. The van der Waals surface area contributed by atoms with Gasteiger partial charge in [0.15, 0.2) is 16.8 Å². The van der Waals surface area contributed by atoms with Crippen LogP contribution < -0.4 is 4.90 Å². The van der Waals surface area contributed by atoms with E-state index in [4.69, 9.17) is 11.6 Å². The summed E-state index contributed by atoms with van der Waals surface area (Å²) < 4.78 is 15.8. The fourth-order valence-corrected chi connectivity index (χ4v) is 4.15. The summed E-state index contributed by atoms with van der Waals surface area (Å²) in [5.74, 6) is -1.06. The van der Waals surface area contributed by atoms with Crippen LogP contribution in [0, 0.1) is 5.82 Å². The lowest BCUT2D eigenvalue weighted by molar-refractivity contribution is -0.444. The number of imide groups is 1. The van der Waals surface area contributed by atoms with E-state index in [9.17, 15) is 14.0 Å². The van der Waals surface area contributed by atoms with Crippen molar-refractivity contribution >= 4 is 46.7 Å². The van der Waals surface area contributed by atoms with Crippen molar-refractivity contribution in [2.75, 3.05) is 4.90 Å². The van der Waals surface area contributed by atoms with E-state index in [1.165, 1.54) is 34.5 Å². The highest BCUT2D eigenvalue weighted by molar-refractivity contribution is 8.04. The Hall–Kier alpha value is -2.44. The number of carbonyl (C=O) groups is 2. The summed E-state index contributed by atoms with van der Waals surface area (Å²) >= 11 is 7.53. The number of rotatable bonds is 3. The van der Waals surface area contributed by atoms with E-state index in [2.05, 4.69) is 0 Å². The van der Waals surface area contributed by atoms with Gasteiger partial charge in [-0.15, -0.1) is 16.7 Å². The Kier molecular flexibility index (Phi) is 4.38. The lowest BCUT2D eigenvalue weighted by Gasteiger charge is -2.24. The van der Waals surface area contributed by atoms with Gasteiger partial charge in [-0.2, -0.15) is 9.37 Å². The van der Waals surface area contributed by atoms with Gasteiger partial charge in [0.2, 0.25) is 0 Å². The molecule has 4 nitrogen and oxygen atoms in total. The number of nitrogens with zero attached hydrogens (tertiary/aromatic N) is 2. The van der Waals surface area contributed by atoms with Crippen LogP contribution in [0.4, 0.5) is 14.9 Å². The van der Waals surface area contributed by atoms with E-state index in [-0.39, 0.29) is 12.2 Å². The fraction of sp³-hybridized carbons (Fsp3) is 0.105. The van der Waals surface area contributed by atoms with Gasteiger partial charge in [-0.25, -0.2) is 9.18 Å². The minimum Gasteiger partial charge on any atom is -0.244 e. The average molecular weight is 388 g/mol. The molecule has 0 spiro atoms. The minimum absolute atomic E-state index is 0.0433. The summed E-state index contributed by atoms with van der Waals surface area (Å²) in [7, 11) is 0. The van der Waals surface area contributed by atoms with Crippen LogP contribution in [0.3, 0.4) is 0 Å². The number of allylic oxidation sites excluding steroid dienone is 1. The van der Waals surface area contributed by atoms with Crippen molar-refractivity contribution in [3.05, 3.63) is 76.4 Å². The minimum atomic E-state index is -0.619. The van der Waals surface area contributed by atoms with E-state index in [0.717, 1.165) is 10.5 Å². The van der Waals surface area contributed by atoms with Crippen LogP contribution in [0.1, 0.15) is 5.56 Å². The number of hydrogen-bond donors (Lipinski definition) is 0. The molecular formula is C19H13ClFN2O2S+. The predicted octanol–water partition coefficient (Wildman–Crippen LogP) is 4.23. The van der Waals surface area contributed by atoms with Crippen LogP contribution in [0.5, 0.6) is 0 Å². The van der Waals surface area contributed by atoms with Gasteiger partial charge in [-0.3, -0.25) is 0 Å². The summed E-state index contributed by atoms with van der Waals surface area (Å²) in [5, 5.41) is 1.73. The highest BCUT2D eigenvalue weighted by Crippen LogP contribution is 2.32. The zero-order valence-corrected chi connectivity index (χ0v) is 15.0. The summed E-state index contributed by atoms with van der Waals surface area (Å²) in [4.78, 5) is 26.9. The molecule has 0 saturated heterocycles. The molecular weight excluding hydrogens is 375 g/mol. The molecule has 0 radical (unpaired) electrons. The third kappa shape index (κ3) is 2.75. The lowest BCUT2D eigenvalue weighted by atomic mass is 10.1. The molecule has 0 N–H and O–H groups in total. The lowest BCUT2D eigenvalue weighted by Crippen LogP contribution is -2.55. The molecule has 2 heterocycles. The quantitative estimate of drug-likeness (QED) is 0.740. The first-order chi connectivity index (χ1) is 12.6. The molecule has 0 aromatic heterocycles. The molecule has 2 aromatic carbocycles. The van der Waals surface area contributed by atoms with E-state index < -0.39 is 23.0 Å². The maximum atomic E-state index is 14.3. The van der Waals surface area contributed by atoms with Gasteiger partial charge in [0.25, 0.3) is 0 Å². The second-order valence-electron chi connectivity index (χ2n) is 5.83. The maximum absolute atomic E-state index is 14.3. The van der Waals surface area contributed by atoms with Crippen molar-refractivity contribution in [2.45, 2.75) is 11.8 Å². The van der Waals surface area contributed by atoms with Crippen LogP contribution in [-0.2, 0) is 11.3 Å². The zero-order valence-electron chi connectivity index (χ0n) is 13.4. The Balaban J connectivity index is 1.81. The first-order valence-corrected chi connectivity index (χ1v) is 9.22. The molecule has 1 atom stereocenters. The summed E-state index contributed by atoms with van der Waals surface area (Å²) in [6, 6.07) is 12.4. The molecule has 2 aliphatic rings. The molecule has 7 heteroatoms. The van der Waals surface area contributed by atoms with Gasteiger partial charge in [-0.1, -0.05) is 41.9 Å². The molecule has 4 rings (SSSR count). The average Bonchev–Trinajstić information content (AvgIpc) is 3.12. The summed E-state index contributed by atoms with van der Waals surface area (Å²) in [5.41, 5.74) is 1.30. The van der Waals surface area contributed by atoms with Gasteiger partial charge in [0.1, 0.15) is 12.3 Å². The Morgan fingerprint density at radius 2 is 1.85 bits per heavy atom. The summed E-state index contributed by atoms with van der Waals surface area (Å²) in [6.07, 6.45) is 1.75. The number of hydrogen-bond acceptors (Lipinski definition) is 3. The third-order valence-corrected chi connectivity index (χ3v) is 5.66. The Bertz CT molecular complexity index is 989. The SMILES string of the molecule is O=C1C2SC=CC2=[N+](Cc2ccccc2Cl)C(=O)N1c1ccccc1F. The Morgan fingerprint density at radius 3 is 2.62 bits per heavy atom. The van der Waals surface area contributed by atoms with Crippen molar-refractivity contribution in [1.29, 1.82) is 0 Å². The molecule has 0 fully saturated rings. The van der Waals surface area contributed by atoms with E-state index in [1.54, 1.807) is 29.7 Å². The maximum Gasteiger partial charge on any atom is 0.506 e. The largest absolute Gasteiger partial charge is 0.506 e. The predicted molar refractivity (Wildman–Crippen MR) is 100 cm³/mol. The topological polar surface area (TPSA) is 40.4 Å². The highest BCUT2D eigenvalue weighted by atomic mass is 35.5. The van der Waals surface area contributed by atoms with Crippen LogP contribution in [0.15, 0.2) is 60.0 Å². The number of fused-ring (bicyclic) bond motifs is 1. The van der Waals surface area contributed by atoms with E-state index in [0.29, 0.717) is 10.7 Å². The van der Waals surface area contributed by atoms with Crippen molar-refractivity contribution in [2.24, 2.45) is 0 Å². The van der Waals surface area contributed by atoms with Crippen molar-refractivity contribution in [3.63, 3.8) is 0 Å². The number of halogens is 2. The molecule has 0 saturated carbocycles. The van der Waals surface area contributed by atoms with Gasteiger partial charge in [0, 0.05) is 10.6 Å². The number of para-hydroxylation sites is 1. The highest BCUT2D eigenvalue weighted by Gasteiger charge is 2.50. The molecule has 3 amide bonds. The van der Waals surface area contributed by atoms with Crippen molar-refractivity contribution < 1.29 is 18.6 Å². The number of amides is 3. The zero-order chi connectivity index (χ0) is 18.3. The number of carbonyl (C=O) groups excluding carboxylic acids is 2. The van der Waals surface area contributed by atoms with Crippen molar-refractivity contribution in [3.8, 4) is 0 Å². The Morgan fingerprint density at radius 1 is 1.12 bits per heavy atom. The second kappa shape index (κ2) is 6.70. The first kappa shape index (κ1) is 17.0. The fourth-order valence-electron chi connectivity index (χ4n) is 3.01. The van der Waals surface area contributed by atoms with Crippen molar-refractivity contribution in [1.82, 2.24) is 0 Å². The molecule has 2 aromatic rings. The molecule has 2 aliphatic heterocycles. The Labute approximate surface area is 158 Å². The number of benzene rings is 2. The summed E-state index contributed by atoms with van der Waals surface area (Å²) in [6.45, 7) is 0.202. The monoisotopic (exact) mass is 387 g/mol. The molecule has 130 valence electrons. The standard InChI is InChI=1S/C19H13ClFN2O2S/c20-13-6-2-1-5-12(13)11-22-16-9-10-26-17(16)18(24)23(19(22)25)15-8-4-3-7-14(15)21/h1-10,17H,11H2/q+1. The molecule has 26 heavy (non-hydrogen) atoms. The van der Waals surface area contributed by atoms with Crippen LogP contribution in [0.25, 0.3) is 0 Å². The second-order valence-corrected chi connectivity index (χ2v) is 7.25. The van der Waals surface area contributed by atoms with Gasteiger partial charge in [-0.05, 0) is 29.7 Å². The number of anilines is 1. The van der Waals surface area contributed by atoms with E-state index in [1.807, 2.05) is 12.1 Å². The van der Waals surface area contributed by atoms with Gasteiger partial charge < -0.3 is 0 Å². The first-order valence-electron chi connectivity index (χ1n) is 7.90. The van der Waals surface area contributed by atoms with Gasteiger partial charge >= 0.3 is 11.9 Å². The van der Waals surface area contributed by atoms with E-state index >= 15 is 0 Å². The molecule has 0 bridgehead atoms. The number of urea groups is 1. The van der Waals surface area contributed by atoms with Crippen LogP contribution in [0.2, 0.25) is 5.02 Å².